The number of oxime groups is 1. The summed E-state index contributed by atoms with van der Waals surface area (Å²) in [4.78, 5) is 5.36. The van der Waals surface area contributed by atoms with Crippen molar-refractivity contribution in [2.75, 3.05) is 0 Å². The molecule has 0 aliphatic heterocycles. The van der Waals surface area contributed by atoms with Crippen molar-refractivity contribution in [1.29, 1.82) is 0 Å². The second-order valence-corrected chi connectivity index (χ2v) is 5.35. The van der Waals surface area contributed by atoms with Gasteiger partial charge in [0.05, 0.1) is 0 Å². The van der Waals surface area contributed by atoms with Crippen LogP contribution in [-0.4, -0.2) is 6.21 Å². The van der Waals surface area contributed by atoms with Gasteiger partial charge in [-0.1, -0.05) is 41.9 Å². The summed E-state index contributed by atoms with van der Waals surface area (Å²) >= 11 is 0. The van der Waals surface area contributed by atoms with Crippen LogP contribution in [0.2, 0.25) is 0 Å². The number of hydrogen-bond donors (Lipinski definition) is 0. The van der Waals surface area contributed by atoms with Gasteiger partial charge in [0.2, 0.25) is 0 Å². The van der Waals surface area contributed by atoms with Crippen LogP contribution in [0.4, 0.5) is 0 Å². The molecule has 17 heavy (non-hydrogen) atoms. The fraction of sp³-hybridized carbons (Fsp3) is 0.533. The maximum absolute atomic E-state index is 5.36. The average Bonchev–Trinajstić information content (AvgIpc) is 2.98. The van der Waals surface area contributed by atoms with Crippen LogP contribution in [0.1, 0.15) is 31.2 Å². The summed E-state index contributed by atoms with van der Waals surface area (Å²) in [5.74, 6) is 2.55. The predicted octanol–water partition coefficient (Wildman–Crippen LogP) is 3.63. The van der Waals surface area contributed by atoms with Crippen molar-refractivity contribution in [1.82, 2.24) is 0 Å². The predicted molar refractivity (Wildman–Crippen MR) is 68.7 cm³/mol. The minimum absolute atomic E-state index is 0.582. The number of rotatable bonds is 4. The van der Waals surface area contributed by atoms with Crippen LogP contribution in [0.15, 0.2) is 35.5 Å². The fourth-order valence-electron chi connectivity index (χ4n) is 3.28. The molecule has 0 aromatic heterocycles. The molecule has 0 N–H and O–H groups in total. The van der Waals surface area contributed by atoms with Crippen molar-refractivity contribution in [3.63, 3.8) is 0 Å². The molecule has 2 nitrogen and oxygen atoms in total. The van der Waals surface area contributed by atoms with Crippen molar-refractivity contribution < 1.29 is 4.84 Å². The molecule has 0 saturated heterocycles. The van der Waals surface area contributed by atoms with E-state index < -0.39 is 0 Å². The fourth-order valence-corrected chi connectivity index (χ4v) is 3.28. The van der Waals surface area contributed by atoms with Crippen LogP contribution in [0.3, 0.4) is 0 Å². The van der Waals surface area contributed by atoms with E-state index in [1.165, 1.54) is 31.2 Å². The maximum Gasteiger partial charge on any atom is 0.142 e. The Bertz CT molecular complexity index is 387. The van der Waals surface area contributed by atoms with Crippen LogP contribution < -0.4 is 0 Å². The van der Waals surface area contributed by atoms with E-state index in [0.29, 0.717) is 12.5 Å². The Morgan fingerprint density at radius 1 is 1.18 bits per heavy atom. The highest BCUT2D eigenvalue weighted by Gasteiger charge is 2.38. The molecule has 2 aliphatic rings. The van der Waals surface area contributed by atoms with Crippen LogP contribution >= 0.6 is 0 Å². The molecule has 0 amide bonds. The van der Waals surface area contributed by atoms with E-state index in [-0.39, 0.29) is 0 Å². The summed E-state index contributed by atoms with van der Waals surface area (Å²) in [5, 5.41) is 4.14. The highest BCUT2D eigenvalue weighted by atomic mass is 16.6. The summed E-state index contributed by atoms with van der Waals surface area (Å²) in [7, 11) is 0. The third-order valence-corrected chi connectivity index (χ3v) is 4.19. The SMILES string of the molecule is C(=N\OCc1ccccc1)/C1CC2CCC1C2. The lowest BCUT2D eigenvalue weighted by molar-refractivity contribution is 0.130. The van der Waals surface area contributed by atoms with Gasteiger partial charge in [0.15, 0.2) is 0 Å². The zero-order valence-electron chi connectivity index (χ0n) is 10.1. The Balaban J connectivity index is 1.45. The lowest BCUT2D eigenvalue weighted by Gasteiger charge is -2.16. The van der Waals surface area contributed by atoms with Crippen molar-refractivity contribution in [2.45, 2.75) is 32.3 Å². The number of benzene rings is 1. The Morgan fingerprint density at radius 3 is 2.76 bits per heavy atom. The first-order valence-electron chi connectivity index (χ1n) is 6.61. The molecule has 1 aromatic rings. The average molecular weight is 229 g/mol. The lowest BCUT2D eigenvalue weighted by atomic mass is 9.90. The van der Waals surface area contributed by atoms with Gasteiger partial charge in [-0.3, -0.25) is 0 Å². The largest absolute Gasteiger partial charge is 0.391 e. The first-order chi connectivity index (χ1) is 8.42. The van der Waals surface area contributed by atoms with E-state index >= 15 is 0 Å². The summed E-state index contributed by atoms with van der Waals surface area (Å²) in [6.07, 6.45) is 7.66. The second-order valence-electron chi connectivity index (χ2n) is 5.35. The first kappa shape index (κ1) is 10.8. The minimum Gasteiger partial charge on any atom is -0.391 e. The Morgan fingerprint density at radius 2 is 2.06 bits per heavy atom. The van der Waals surface area contributed by atoms with Crippen LogP contribution in [-0.2, 0) is 11.4 Å². The number of fused-ring (bicyclic) bond motifs is 2. The molecule has 3 unspecified atom stereocenters. The lowest BCUT2D eigenvalue weighted by Crippen LogP contribution is -2.11. The molecule has 2 aliphatic carbocycles. The Hall–Kier alpha value is -1.31. The van der Waals surface area contributed by atoms with Crippen LogP contribution in [0.5, 0.6) is 0 Å². The van der Waals surface area contributed by atoms with Crippen molar-refractivity contribution >= 4 is 6.21 Å². The summed E-state index contributed by atoms with van der Waals surface area (Å²) in [5.41, 5.74) is 1.18. The molecule has 3 atom stereocenters. The molecule has 0 radical (unpaired) electrons. The normalized spacial score (nSPS) is 31.2. The molecule has 3 rings (SSSR count). The molecule has 90 valence electrons. The second kappa shape index (κ2) is 4.91. The van der Waals surface area contributed by atoms with Gasteiger partial charge in [0.25, 0.3) is 0 Å². The zero-order valence-corrected chi connectivity index (χ0v) is 10.1. The van der Waals surface area contributed by atoms with E-state index in [1.807, 2.05) is 24.4 Å². The summed E-state index contributed by atoms with van der Waals surface area (Å²) in [6, 6.07) is 10.2. The van der Waals surface area contributed by atoms with Gasteiger partial charge in [0.1, 0.15) is 6.61 Å². The van der Waals surface area contributed by atoms with Gasteiger partial charge in [-0.05, 0) is 36.7 Å². The monoisotopic (exact) mass is 229 g/mol. The van der Waals surface area contributed by atoms with Gasteiger partial charge < -0.3 is 4.84 Å². The molecule has 2 fully saturated rings. The topological polar surface area (TPSA) is 21.6 Å². The van der Waals surface area contributed by atoms with Crippen LogP contribution in [0, 0.1) is 17.8 Å². The molecular weight excluding hydrogens is 210 g/mol. The van der Waals surface area contributed by atoms with Crippen molar-refractivity contribution in [3.8, 4) is 0 Å². The van der Waals surface area contributed by atoms with E-state index in [1.54, 1.807) is 0 Å². The smallest absolute Gasteiger partial charge is 0.142 e. The quantitative estimate of drug-likeness (QED) is 0.570. The van der Waals surface area contributed by atoms with E-state index in [9.17, 15) is 0 Å². The zero-order chi connectivity index (χ0) is 11.5. The molecule has 0 heterocycles. The van der Waals surface area contributed by atoms with Gasteiger partial charge in [-0.25, -0.2) is 0 Å². The number of nitrogens with zero attached hydrogens (tertiary/aromatic N) is 1. The molecule has 2 heteroatoms. The van der Waals surface area contributed by atoms with Gasteiger partial charge >= 0.3 is 0 Å². The molecule has 0 spiro atoms. The standard InChI is InChI=1S/C15H19NO/c1-2-4-12(5-3-1)11-17-16-10-15-9-13-6-7-14(15)8-13/h1-5,10,13-15H,6-9,11H2/b16-10+. The third kappa shape index (κ3) is 2.51. The highest BCUT2D eigenvalue weighted by molar-refractivity contribution is 5.61. The van der Waals surface area contributed by atoms with E-state index in [2.05, 4.69) is 17.3 Å². The number of hydrogen-bond acceptors (Lipinski definition) is 2. The van der Waals surface area contributed by atoms with Crippen molar-refractivity contribution in [3.05, 3.63) is 35.9 Å². The van der Waals surface area contributed by atoms with Gasteiger partial charge in [-0.15, -0.1) is 0 Å². The third-order valence-electron chi connectivity index (χ3n) is 4.19. The van der Waals surface area contributed by atoms with Crippen LogP contribution in [0.25, 0.3) is 0 Å². The Labute approximate surface area is 103 Å². The molecule has 2 bridgehead atoms. The summed E-state index contributed by atoms with van der Waals surface area (Å²) < 4.78 is 0. The van der Waals surface area contributed by atoms with Gasteiger partial charge in [0, 0.05) is 12.1 Å². The highest BCUT2D eigenvalue weighted by Crippen LogP contribution is 2.47. The van der Waals surface area contributed by atoms with Crippen molar-refractivity contribution in [2.24, 2.45) is 22.9 Å². The summed E-state index contributed by atoms with van der Waals surface area (Å²) in [6.45, 7) is 0.582. The van der Waals surface area contributed by atoms with Gasteiger partial charge in [-0.2, -0.15) is 0 Å². The minimum atomic E-state index is 0.582. The van der Waals surface area contributed by atoms with E-state index in [0.717, 1.165) is 11.8 Å². The molecule has 2 saturated carbocycles. The molecule has 1 aromatic carbocycles. The molecular formula is C15H19NO. The maximum atomic E-state index is 5.36. The van der Waals surface area contributed by atoms with E-state index in [4.69, 9.17) is 4.84 Å². The first-order valence-corrected chi connectivity index (χ1v) is 6.61. The Kier molecular flexibility index (Phi) is 3.12.